The van der Waals surface area contributed by atoms with Gasteiger partial charge in [-0.2, -0.15) is 5.10 Å². The van der Waals surface area contributed by atoms with Crippen LogP contribution in [0.4, 0.5) is 17.3 Å². The van der Waals surface area contributed by atoms with Gasteiger partial charge in [0.25, 0.3) is 5.91 Å². The molecule has 5 N–H and O–H groups in total. The molecule has 1 saturated carbocycles. The van der Waals surface area contributed by atoms with E-state index < -0.39 is 11.5 Å². The van der Waals surface area contributed by atoms with Gasteiger partial charge in [-0.15, -0.1) is 0 Å². The fourth-order valence-corrected chi connectivity index (χ4v) is 4.96. The van der Waals surface area contributed by atoms with Crippen LogP contribution in [0.1, 0.15) is 64.9 Å². The Hall–Kier alpha value is -3.83. The Balaban J connectivity index is 0.000000204. The predicted octanol–water partition coefficient (Wildman–Crippen LogP) is 2.50. The number of hydrogen-bond donors (Lipinski definition) is 4. The van der Waals surface area contributed by atoms with E-state index in [2.05, 4.69) is 30.6 Å². The molecule has 0 bridgehead atoms. The zero-order valence-electron chi connectivity index (χ0n) is 21.9. The number of nitrogens with two attached hydrogens (primary N) is 1. The number of piperidine rings is 1. The normalized spacial score (nSPS) is 18.4. The molecule has 11 nitrogen and oxygen atoms in total. The Labute approximate surface area is 222 Å². The van der Waals surface area contributed by atoms with Gasteiger partial charge in [-0.3, -0.25) is 14.3 Å². The summed E-state index contributed by atoms with van der Waals surface area (Å²) in [6, 6.07) is 7.66. The van der Waals surface area contributed by atoms with Crippen molar-refractivity contribution in [2.24, 2.45) is 12.8 Å². The maximum Gasteiger partial charge on any atom is 0.271 e. The van der Waals surface area contributed by atoms with E-state index in [0.717, 1.165) is 75.0 Å². The highest BCUT2D eigenvalue weighted by Crippen LogP contribution is 2.38. The molecule has 202 valence electrons. The van der Waals surface area contributed by atoms with Gasteiger partial charge < -0.3 is 26.4 Å². The van der Waals surface area contributed by atoms with Crippen LogP contribution < -0.4 is 21.3 Å². The lowest BCUT2D eigenvalue weighted by Crippen LogP contribution is -2.44. The summed E-state index contributed by atoms with van der Waals surface area (Å²) in [5, 5.41) is 20.7. The van der Waals surface area contributed by atoms with Crippen molar-refractivity contribution < 1.29 is 14.7 Å². The van der Waals surface area contributed by atoms with Crippen LogP contribution >= 0.6 is 0 Å². The fraction of sp³-hybridized carbons (Fsp3) is 0.444. The molecule has 1 aliphatic carbocycles. The van der Waals surface area contributed by atoms with Gasteiger partial charge in [-0.1, -0.05) is 37.1 Å². The number of nitrogens with one attached hydrogen (secondary N) is 2. The average molecular weight is 521 g/mol. The van der Waals surface area contributed by atoms with Crippen molar-refractivity contribution >= 4 is 29.5 Å². The van der Waals surface area contributed by atoms with Gasteiger partial charge in [0.1, 0.15) is 12.1 Å². The summed E-state index contributed by atoms with van der Waals surface area (Å²) >= 11 is 0. The predicted molar refractivity (Wildman–Crippen MR) is 146 cm³/mol. The molecule has 11 heteroatoms. The summed E-state index contributed by atoms with van der Waals surface area (Å²) < 4.78 is 1.66. The van der Waals surface area contributed by atoms with Crippen molar-refractivity contribution in [2.75, 3.05) is 30.4 Å². The Morgan fingerprint density at radius 1 is 1.18 bits per heavy atom. The molecule has 0 unspecified atom stereocenters. The fourth-order valence-electron chi connectivity index (χ4n) is 4.96. The van der Waals surface area contributed by atoms with Crippen molar-refractivity contribution in [3.05, 3.63) is 59.7 Å². The lowest BCUT2D eigenvalue weighted by atomic mass is 9.92. The minimum Gasteiger partial charge on any atom is -0.385 e. The molecule has 1 atom stereocenters. The molecular weight excluding hydrogens is 484 g/mol. The van der Waals surface area contributed by atoms with Gasteiger partial charge in [0.15, 0.2) is 11.5 Å². The van der Waals surface area contributed by atoms with Crippen LogP contribution in [0.5, 0.6) is 0 Å². The number of anilines is 3. The lowest BCUT2D eigenvalue weighted by Gasteiger charge is -2.33. The van der Waals surface area contributed by atoms with E-state index in [1.165, 1.54) is 0 Å². The summed E-state index contributed by atoms with van der Waals surface area (Å²) in [5.74, 6) is 0.457. The number of likely N-dealkylation sites (N-methyl/N-ethyl adjacent to an activating group) is 1. The molecular formula is C27H36N8O3. The molecule has 1 saturated heterocycles. The molecule has 2 fully saturated rings. The Morgan fingerprint density at radius 2 is 1.92 bits per heavy atom. The standard InChI is InChI=1S/C15H22N8O.C12H14O2/c1-17-10-4-3-5-23(9-10)12-7-18-13(14(16)24)15(21-12)20-11-6-19-22(2)8-11;13-9-10-3-5-11(6-4-10)12(14)7-1-2-8-12/h6-8,10,17H,3-5,9H2,1-2H3,(H2,16,24)(H,20,21);3-6,9,14H,1-2,7-8H2/t10-;/m1./s1. The average Bonchev–Trinajstić information content (AvgIpc) is 3.57. The molecule has 1 aliphatic heterocycles. The first-order chi connectivity index (χ1) is 18.3. The second kappa shape index (κ2) is 12.1. The third kappa shape index (κ3) is 6.53. The summed E-state index contributed by atoms with van der Waals surface area (Å²) in [6.45, 7) is 1.77. The molecule has 38 heavy (non-hydrogen) atoms. The van der Waals surface area contributed by atoms with Gasteiger partial charge in [0, 0.05) is 37.9 Å². The van der Waals surface area contributed by atoms with Crippen molar-refractivity contribution in [1.29, 1.82) is 0 Å². The number of aliphatic hydroxyl groups is 1. The number of nitrogens with zero attached hydrogens (tertiary/aromatic N) is 5. The highest BCUT2D eigenvalue weighted by Gasteiger charge is 2.32. The number of carbonyl (C=O) groups is 2. The van der Waals surface area contributed by atoms with Crippen LogP contribution in [0.3, 0.4) is 0 Å². The van der Waals surface area contributed by atoms with Crippen molar-refractivity contribution in [3.8, 4) is 0 Å². The number of aryl methyl sites for hydroxylation is 1. The van der Waals surface area contributed by atoms with Crippen LogP contribution in [0.15, 0.2) is 42.9 Å². The van der Waals surface area contributed by atoms with E-state index in [1.54, 1.807) is 35.4 Å². The largest absolute Gasteiger partial charge is 0.385 e. The second-order valence-corrected chi connectivity index (χ2v) is 9.87. The number of carbonyl (C=O) groups excluding carboxylic acids is 2. The van der Waals surface area contributed by atoms with Gasteiger partial charge in [-0.25, -0.2) is 9.97 Å². The first-order valence-corrected chi connectivity index (χ1v) is 12.9. The van der Waals surface area contributed by atoms with E-state index in [0.29, 0.717) is 17.4 Å². The molecule has 2 aliphatic rings. The summed E-state index contributed by atoms with van der Waals surface area (Å²) in [6.07, 6.45) is 11.9. The summed E-state index contributed by atoms with van der Waals surface area (Å²) in [5.41, 5.74) is 7.23. The molecule has 3 aromatic rings. The summed E-state index contributed by atoms with van der Waals surface area (Å²) in [4.78, 5) is 33.1. The van der Waals surface area contributed by atoms with Crippen LogP contribution in [0.2, 0.25) is 0 Å². The number of primary amides is 1. The number of rotatable bonds is 7. The number of benzene rings is 1. The second-order valence-electron chi connectivity index (χ2n) is 9.87. The first-order valence-electron chi connectivity index (χ1n) is 12.9. The molecule has 5 rings (SSSR count). The lowest BCUT2D eigenvalue weighted by molar-refractivity contribution is 0.0444. The molecule has 2 aromatic heterocycles. The van der Waals surface area contributed by atoms with Gasteiger partial charge in [0.05, 0.1) is 23.7 Å². The van der Waals surface area contributed by atoms with E-state index >= 15 is 0 Å². The molecule has 1 aromatic carbocycles. The van der Waals surface area contributed by atoms with E-state index in [4.69, 9.17) is 5.73 Å². The maximum atomic E-state index is 11.6. The monoisotopic (exact) mass is 520 g/mol. The Kier molecular flexibility index (Phi) is 8.70. The van der Waals surface area contributed by atoms with Crippen molar-refractivity contribution in [3.63, 3.8) is 0 Å². The van der Waals surface area contributed by atoms with Crippen LogP contribution in [0, 0.1) is 0 Å². The third-order valence-electron chi connectivity index (χ3n) is 7.13. The smallest absolute Gasteiger partial charge is 0.271 e. The number of aldehydes is 1. The zero-order chi connectivity index (χ0) is 27.1. The van der Waals surface area contributed by atoms with Crippen molar-refractivity contribution in [1.82, 2.24) is 25.1 Å². The van der Waals surface area contributed by atoms with Crippen LogP contribution in [0.25, 0.3) is 0 Å². The van der Waals surface area contributed by atoms with Crippen molar-refractivity contribution in [2.45, 2.75) is 50.2 Å². The van der Waals surface area contributed by atoms with E-state index in [-0.39, 0.29) is 5.69 Å². The number of aromatic nitrogens is 4. The number of hydrogen-bond acceptors (Lipinski definition) is 9. The summed E-state index contributed by atoms with van der Waals surface area (Å²) in [7, 11) is 3.78. The maximum absolute atomic E-state index is 11.6. The van der Waals surface area contributed by atoms with E-state index in [9.17, 15) is 14.7 Å². The molecule has 3 heterocycles. The highest BCUT2D eigenvalue weighted by molar-refractivity contribution is 5.96. The Bertz CT molecular complexity index is 1240. The quantitative estimate of drug-likeness (QED) is 0.344. The van der Waals surface area contributed by atoms with Gasteiger partial charge in [-0.05, 0) is 38.3 Å². The van der Waals surface area contributed by atoms with E-state index in [1.807, 2.05) is 26.2 Å². The topological polar surface area (TPSA) is 151 Å². The molecule has 0 radical (unpaired) electrons. The van der Waals surface area contributed by atoms with Crippen LogP contribution in [-0.2, 0) is 12.6 Å². The minimum atomic E-state index is -0.637. The minimum absolute atomic E-state index is 0.116. The SMILES string of the molecule is CN[C@@H]1CCCN(c2cnc(C(N)=O)c(Nc3cnn(C)c3)n2)C1.O=Cc1ccc(C2(O)CCCC2)cc1. The third-order valence-corrected chi connectivity index (χ3v) is 7.13. The van der Waals surface area contributed by atoms with Gasteiger partial charge >= 0.3 is 0 Å². The number of amides is 1. The Morgan fingerprint density at radius 3 is 2.53 bits per heavy atom. The molecule has 0 spiro atoms. The first kappa shape index (κ1) is 27.2. The van der Waals surface area contributed by atoms with Crippen LogP contribution in [-0.4, -0.2) is 63.2 Å². The highest BCUT2D eigenvalue weighted by atomic mass is 16.3. The zero-order valence-corrected chi connectivity index (χ0v) is 21.9. The van der Waals surface area contributed by atoms with Gasteiger partial charge in [0.2, 0.25) is 0 Å². The molecule has 1 amide bonds.